The number of nitrogens with zero attached hydrogens (tertiary/aromatic N) is 1. The first-order valence-corrected chi connectivity index (χ1v) is 26.4. The highest BCUT2D eigenvalue weighted by molar-refractivity contribution is 6.09. The summed E-state index contributed by atoms with van der Waals surface area (Å²) in [6, 6.07) is 34.4. The molecule has 0 amide bonds. The summed E-state index contributed by atoms with van der Waals surface area (Å²) in [5.41, 5.74) is 3.34. The number of ether oxygens (including phenoxy) is 7. The molecule has 0 saturated heterocycles. The Labute approximate surface area is 453 Å². The van der Waals surface area contributed by atoms with E-state index in [0.717, 1.165) is 107 Å². The Bertz CT molecular complexity index is 2610. The topological polar surface area (TPSA) is 179 Å². The lowest BCUT2D eigenvalue weighted by Crippen LogP contribution is -2.14. The molecule has 0 aromatic heterocycles. The number of aliphatic imine (C=N–C) groups is 1. The van der Waals surface area contributed by atoms with Crippen molar-refractivity contribution in [3.8, 4) is 23.0 Å². The molecule has 0 saturated carbocycles. The van der Waals surface area contributed by atoms with E-state index in [4.69, 9.17) is 33.2 Å². The van der Waals surface area contributed by atoms with Crippen molar-refractivity contribution in [2.75, 3.05) is 39.6 Å². The molecule has 5 rings (SSSR count). The third kappa shape index (κ3) is 24.0. The highest BCUT2D eigenvalue weighted by atomic mass is 16.5. The average molecular weight is 1050 g/mol. The van der Waals surface area contributed by atoms with Crippen LogP contribution in [0.1, 0.15) is 140 Å². The lowest BCUT2D eigenvalue weighted by Gasteiger charge is -2.09. The van der Waals surface area contributed by atoms with E-state index in [-0.39, 0.29) is 23.5 Å². The van der Waals surface area contributed by atoms with Crippen LogP contribution in [0.2, 0.25) is 0 Å². The number of ketones is 2. The van der Waals surface area contributed by atoms with Gasteiger partial charge in [-0.1, -0.05) is 27.0 Å². The van der Waals surface area contributed by atoms with Gasteiger partial charge in [0.05, 0.1) is 56.8 Å². The highest BCUT2D eigenvalue weighted by Crippen LogP contribution is 2.22. The normalized spacial score (nSPS) is 10.8. The van der Waals surface area contributed by atoms with E-state index >= 15 is 0 Å². The summed E-state index contributed by atoms with van der Waals surface area (Å²) >= 11 is 0. The van der Waals surface area contributed by atoms with E-state index in [9.17, 15) is 28.8 Å². The van der Waals surface area contributed by atoms with Crippen molar-refractivity contribution >= 4 is 47.8 Å². The maximum atomic E-state index is 13.0. The number of hydrogen-bond donors (Lipinski definition) is 0. The van der Waals surface area contributed by atoms with E-state index in [1.54, 1.807) is 109 Å². The van der Waals surface area contributed by atoms with Gasteiger partial charge >= 0.3 is 23.9 Å². The fourth-order valence-electron chi connectivity index (χ4n) is 7.17. The molecule has 0 aliphatic heterocycles. The standard InChI is InChI=1S/C38H42O9.C25H31NO4/c1-3-35(39)45-27-11-7-5-9-25-43-32-19-13-29(14-20-32)37(41)30-15-23-34(24-16-30)47-38(42)31-17-21-33(22-18-31)44-26-10-6-8-12-28-46-36(40)4-2;1-4-19(2)25(28)30-18-8-6-5-7-17-29-23-15-11-21(12-16-23)24(27)20-9-13-22(26-3)14-10-20/h3-4,13-24H,1-2,5-12,25-28H2;9-16,19H,3-8,17-18H2,1-2H3. The first-order chi connectivity index (χ1) is 37.4. The summed E-state index contributed by atoms with van der Waals surface area (Å²) in [5, 5.41) is 0. The number of benzene rings is 5. The predicted molar refractivity (Wildman–Crippen MR) is 298 cm³/mol. The molecular formula is C63H73NO13. The van der Waals surface area contributed by atoms with Crippen LogP contribution < -0.4 is 18.9 Å². The molecule has 77 heavy (non-hydrogen) atoms. The molecule has 5 aromatic carbocycles. The van der Waals surface area contributed by atoms with Gasteiger partial charge in [-0.05, 0) is 212 Å². The van der Waals surface area contributed by atoms with Crippen LogP contribution in [0.4, 0.5) is 5.69 Å². The minimum absolute atomic E-state index is 0.0183. The van der Waals surface area contributed by atoms with Crippen LogP contribution >= 0.6 is 0 Å². The summed E-state index contributed by atoms with van der Waals surface area (Å²) in [6.07, 6.45) is 14.1. The van der Waals surface area contributed by atoms with Gasteiger partial charge in [0.15, 0.2) is 11.6 Å². The Morgan fingerprint density at radius 3 is 1.08 bits per heavy atom. The maximum absolute atomic E-state index is 13.0. The summed E-state index contributed by atoms with van der Waals surface area (Å²) in [7, 11) is 0. The third-order valence-electron chi connectivity index (χ3n) is 12.0. The molecule has 0 heterocycles. The number of carbonyl (C=O) groups excluding carboxylic acids is 6. The van der Waals surface area contributed by atoms with Crippen LogP contribution in [0, 0.1) is 5.92 Å². The van der Waals surface area contributed by atoms with Crippen LogP contribution in [0.25, 0.3) is 0 Å². The van der Waals surface area contributed by atoms with Crippen molar-refractivity contribution in [1.82, 2.24) is 0 Å². The Morgan fingerprint density at radius 2 is 0.740 bits per heavy atom. The molecule has 14 nitrogen and oxygen atoms in total. The van der Waals surface area contributed by atoms with E-state index in [2.05, 4.69) is 24.9 Å². The summed E-state index contributed by atoms with van der Waals surface area (Å²) in [6.45, 7) is 17.1. The van der Waals surface area contributed by atoms with Crippen molar-refractivity contribution < 1.29 is 61.9 Å². The molecule has 5 aromatic rings. The van der Waals surface area contributed by atoms with Crippen molar-refractivity contribution in [3.05, 3.63) is 174 Å². The second-order valence-electron chi connectivity index (χ2n) is 17.9. The number of rotatable bonds is 35. The van der Waals surface area contributed by atoms with E-state index < -0.39 is 17.9 Å². The van der Waals surface area contributed by atoms with Crippen molar-refractivity contribution in [3.63, 3.8) is 0 Å². The summed E-state index contributed by atoms with van der Waals surface area (Å²) < 4.78 is 37.9. The smallest absolute Gasteiger partial charge is 0.343 e. The first kappa shape index (κ1) is 61.4. The third-order valence-corrected chi connectivity index (χ3v) is 12.0. The van der Waals surface area contributed by atoms with Crippen LogP contribution in [-0.4, -0.2) is 81.8 Å². The molecule has 0 aliphatic rings. The monoisotopic (exact) mass is 1050 g/mol. The first-order valence-electron chi connectivity index (χ1n) is 26.4. The van der Waals surface area contributed by atoms with Crippen LogP contribution in [0.15, 0.2) is 152 Å². The number of esters is 4. The van der Waals surface area contributed by atoms with Gasteiger partial charge in [-0.2, -0.15) is 0 Å². The fraction of sp³-hybridized carbons (Fsp3) is 0.349. The fourth-order valence-corrected chi connectivity index (χ4v) is 7.17. The van der Waals surface area contributed by atoms with Gasteiger partial charge in [-0.3, -0.25) is 19.4 Å². The molecule has 0 bridgehead atoms. The minimum atomic E-state index is -0.516. The minimum Gasteiger partial charge on any atom is -0.494 e. The van der Waals surface area contributed by atoms with Crippen molar-refractivity contribution in [2.24, 2.45) is 10.9 Å². The van der Waals surface area contributed by atoms with Crippen LogP contribution in [-0.2, 0) is 28.6 Å². The Hall–Kier alpha value is -8.13. The zero-order valence-corrected chi connectivity index (χ0v) is 44.6. The largest absolute Gasteiger partial charge is 0.494 e. The number of carbonyl (C=O) groups is 6. The molecule has 0 fully saturated rings. The van der Waals surface area contributed by atoms with Crippen LogP contribution in [0.3, 0.4) is 0 Å². The molecule has 0 aliphatic carbocycles. The number of hydrogen-bond acceptors (Lipinski definition) is 14. The molecule has 0 spiro atoms. The van der Waals surface area contributed by atoms with Gasteiger partial charge < -0.3 is 33.2 Å². The van der Waals surface area contributed by atoms with Crippen molar-refractivity contribution in [1.29, 1.82) is 0 Å². The van der Waals surface area contributed by atoms with E-state index in [0.29, 0.717) is 84.7 Å². The zero-order valence-electron chi connectivity index (χ0n) is 44.6. The molecule has 0 radical (unpaired) electrons. The molecule has 14 heteroatoms. The Balaban J connectivity index is 0.000000367. The van der Waals surface area contributed by atoms with Crippen molar-refractivity contribution in [2.45, 2.75) is 97.3 Å². The van der Waals surface area contributed by atoms with Gasteiger partial charge in [0, 0.05) is 34.4 Å². The second kappa shape index (κ2) is 36.0. The molecule has 0 N–H and O–H groups in total. The van der Waals surface area contributed by atoms with Gasteiger partial charge in [0.2, 0.25) is 0 Å². The summed E-state index contributed by atoms with van der Waals surface area (Å²) in [4.78, 5) is 75.5. The molecule has 408 valence electrons. The van der Waals surface area contributed by atoms with E-state index in [1.807, 2.05) is 26.0 Å². The van der Waals surface area contributed by atoms with Gasteiger partial charge in [0.25, 0.3) is 0 Å². The molecular weight excluding hydrogens is 979 g/mol. The highest BCUT2D eigenvalue weighted by Gasteiger charge is 2.14. The lowest BCUT2D eigenvalue weighted by molar-refractivity contribution is -0.148. The SMILES string of the molecule is C=CC(=O)OCCCCCCOc1ccc(C(=O)Oc2ccc(C(=O)c3ccc(OCCCCCCOC(=O)C=C)cc3)cc2)cc1.C=Nc1ccc(C(=O)c2ccc(OCCCCCCOC(=O)C(C)CC)cc2)cc1. The maximum Gasteiger partial charge on any atom is 0.343 e. The number of unbranched alkanes of at least 4 members (excludes halogenated alkanes) is 9. The average Bonchev–Trinajstić information content (AvgIpc) is 3.47. The van der Waals surface area contributed by atoms with Gasteiger partial charge in [0.1, 0.15) is 23.0 Å². The predicted octanol–water partition coefficient (Wildman–Crippen LogP) is 13.3. The van der Waals surface area contributed by atoms with E-state index in [1.165, 1.54) is 0 Å². The lowest BCUT2D eigenvalue weighted by atomic mass is 10.0. The summed E-state index contributed by atoms with van der Waals surface area (Å²) in [5.74, 6) is 0.778. The Morgan fingerprint density at radius 1 is 0.429 bits per heavy atom. The van der Waals surface area contributed by atoms with Crippen LogP contribution in [0.5, 0.6) is 23.0 Å². The second-order valence-corrected chi connectivity index (χ2v) is 17.9. The zero-order chi connectivity index (χ0) is 55.5. The van der Waals surface area contributed by atoms with Gasteiger partial charge in [-0.15, -0.1) is 0 Å². The quantitative estimate of drug-likeness (QED) is 0.00712. The Kier molecular flexibility index (Phi) is 28.7. The molecule has 1 unspecified atom stereocenters. The molecule has 1 atom stereocenters. The van der Waals surface area contributed by atoms with Gasteiger partial charge in [-0.25, -0.2) is 14.4 Å².